The van der Waals surface area contributed by atoms with Crippen LogP contribution in [-0.2, 0) is 32.7 Å². The third-order valence-electron chi connectivity index (χ3n) is 14.3. The molecule has 10 heteroatoms. The Morgan fingerprint density at radius 1 is 0.392 bits per heavy atom. The van der Waals surface area contributed by atoms with Gasteiger partial charge in [-0.3, -0.25) is 18.6 Å². The number of rotatable bonds is 62. The molecule has 0 aromatic heterocycles. The lowest BCUT2D eigenvalue weighted by Crippen LogP contribution is -2.29. The topological polar surface area (TPSA) is 134 Å². The Bertz CT molecular complexity index is 1570. The maximum absolute atomic E-state index is 12.8. The Labute approximate surface area is 487 Å². The van der Waals surface area contributed by atoms with Crippen LogP contribution in [0.15, 0.2) is 85.1 Å². The molecule has 3 N–H and O–H groups in total. The van der Waals surface area contributed by atoms with Crippen molar-refractivity contribution in [2.75, 3.05) is 26.4 Å². The number of carbonyl (C=O) groups excluding carboxylic acids is 2. The summed E-state index contributed by atoms with van der Waals surface area (Å²) in [6.45, 7) is 3.67. The zero-order chi connectivity index (χ0) is 57.3. The zero-order valence-corrected chi connectivity index (χ0v) is 52.2. The van der Waals surface area contributed by atoms with Crippen molar-refractivity contribution in [2.45, 2.75) is 315 Å². The normalized spacial score (nSPS) is 13.5. The van der Waals surface area contributed by atoms with E-state index in [9.17, 15) is 19.0 Å². The average molecular weight is 1130 g/mol. The molecule has 0 amide bonds. The molecule has 458 valence electrons. The van der Waals surface area contributed by atoms with E-state index < -0.39 is 26.5 Å². The van der Waals surface area contributed by atoms with Crippen LogP contribution in [0, 0.1) is 0 Å². The molecular weight excluding hydrogens is 1000 g/mol. The predicted molar refractivity (Wildman–Crippen MR) is 339 cm³/mol. The molecule has 2 atom stereocenters. The lowest BCUT2D eigenvalue weighted by atomic mass is 10.0. The highest BCUT2D eigenvalue weighted by molar-refractivity contribution is 7.47. The molecule has 0 aromatic carbocycles. The van der Waals surface area contributed by atoms with Crippen LogP contribution in [0.3, 0.4) is 0 Å². The van der Waals surface area contributed by atoms with Gasteiger partial charge in [-0.15, -0.1) is 0 Å². The molecule has 0 saturated carbocycles. The van der Waals surface area contributed by atoms with Gasteiger partial charge in [0.15, 0.2) is 6.10 Å². The molecule has 0 aliphatic rings. The van der Waals surface area contributed by atoms with E-state index in [4.69, 9.17) is 24.3 Å². The molecule has 0 aromatic rings. The highest BCUT2D eigenvalue weighted by Crippen LogP contribution is 2.43. The molecule has 2 unspecified atom stereocenters. The Morgan fingerprint density at radius 2 is 0.696 bits per heavy atom. The molecule has 0 aliphatic heterocycles. The minimum atomic E-state index is -4.39. The van der Waals surface area contributed by atoms with Crippen LogP contribution >= 0.6 is 7.82 Å². The van der Waals surface area contributed by atoms with Crippen LogP contribution in [0.2, 0.25) is 0 Å². The number of phosphoric ester groups is 1. The maximum atomic E-state index is 12.8. The Kier molecular flexibility index (Phi) is 62.1. The minimum absolute atomic E-state index is 0.0518. The summed E-state index contributed by atoms with van der Waals surface area (Å²) in [5.41, 5.74) is 5.40. The van der Waals surface area contributed by atoms with Crippen molar-refractivity contribution in [3.05, 3.63) is 85.1 Å². The van der Waals surface area contributed by atoms with Gasteiger partial charge >= 0.3 is 19.8 Å². The summed E-state index contributed by atoms with van der Waals surface area (Å²) in [7, 11) is -4.39. The second-order valence-corrected chi connectivity index (χ2v) is 23.4. The number of phosphoric acid groups is 1. The molecule has 9 nitrogen and oxygen atoms in total. The molecule has 0 fully saturated rings. The quantitative estimate of drug-likeness (QED) is 0.0264. The van der Waals surface area contributed by atoms with E-state index in [2.05, 4.69) is 98.9 Å². The molecule has 0 heterocycles. The molecule has 79 heavy (non-hydrogen) atoms. The Balaban J connectivity index is 3.90. The van der Waals surface area contributed by atoms with Crippen molar-refractivity contribution in [2.24, 2.45) is 5.73 Å². The van der Waals surface area contributed by atoms with Gasteiger partial charge in [-0.1, -0.05) is 292 Å². The van der Waals surface area contributed by atoms with Gasteiger partial charge in [-0.25, -0.2) is 4.57 Å². The number of ether oxygens (including phenoxy) is 2. The predicted octanol–water partition coefficient (Wildman–Crippen LogP) is 21.4. The third kappa shape index (κ3) is 64.2. The van der Waals surface area contributed by atoms with Gasteiger partial charge in [0.2, 0.25) is 0 Å². The summed E-state index contributed by atoms with van der Waals surface area (Å²) in [4.78, 5) is 35.3. The molecule has 0 aliphatic carbocycles. The molecule has 0 spiro atoms. The smallest absolute Gasteiger partial charge is 0.462 e. The van der Waals surface area contributed by atoms with Crippen LogP contribution < -0.4 is 5.73 Å². The van der Waals surface area contributed by atoms with Gasteiger partial charge < -0.3 is 20.1 Å². The largest absolute Gasteiger partial charge is 0.472 e. The first kappa shape index (κ1) is 76.2. The second kappa shape index (κ2) is 64.4. The van der Waals surface area contributed by atoms with Crippen LogP contribution in [0.1, 0.15) is 309 Å². The fraction of sp³-hybridized carbons (Fsp3) is 0.768. The van der Waals surface area contributed by atoms with Crippen LogP contribution in [0.4, 0.5) is 0 Å². The summed E-state index contributed by atoms with van der Waals surface area (Å²) < 4.78 is 33.1. The van der Waals surface area contributed by atoms with Crippen molar-refractivity contribution < 1.29 is 37.6 Å². The molecule has 0 saturated heterocycles. The van der Waals surface area contributed by atoms with Gasteiger partial charge in [0.1, 0.15) is 6.61 Å². The Morgan fingerprint density at radius 3 is 1.05 bits per heavy atom. The second-order valence-electron chi connectivity index (χ2n) is 22.0. The SMILES string of the molecule is CC/C=C\C/C=C\C/C=C\C/C=C\C/C=C\C/C=C\CCCCCCCCCCCCCCCCC(=O)OC(COC(=O)CCCCCCCCCCCCCCC/C=C\CCCCCCCCCC)COP(=O)(O)OCCN. The highest BCUT2D eigenvalue weighted by Gasteiger charge is 2.26. The first-order chi connectivity index (χ1) is 38.8. The van der Waals surface area contributed by atoms with Gasteiger partial charge in [-0.2, -0.15) is 0 Å². The number of unbranched alkanes of at least 4 members (excludes halogenated alkanes) is 35. The van der Waals surface area contributed by atoms with Gasteiger partial charge in [0, 0.05) is 19.4 Å². The number of nitrogens with two attached hydrogens (primary N) is 1. The summed E-state index contributed by atoms with van der Waals surface area (Å²) in [5, 5.41) is 0. The summed E-state index contributed by atoms with van der Waals surface area (Å²) in [5.74, 6) is -0.819. The minimum Gasteiger partial charge on any atom is -0.462 e. The summed E-state index contributed by atoms with van der Waals surface area (Å²) >= 11 is 0. The highest BCUT2D eigenvalue weighted by atomic mass is 31.2. The maximum Gasteiger partial charge on any atom is 0.472 e. The van der Waals surface area contributed by atoms with E-state index in [0.29, 0.717) is 6.42 Å². The van der Waals surface area contributed by atoms with Crippen molar-refractivity contribution in [1.82, 2.24) is 0 Å². The van der Waals surface area contributed by atoms with Gasteiger partial charge in [-0.05, 0) is 89.9 Å². The standard InChI is InChI=1S/C69H124NO8P/c1-3-5-7-9-11-13-15-17-19-21-23-25-27-29-30-31-32-33-34-35-36-38-40-42-44-46-48-50-52-54-56-58-60-62-69(72)78-67(66-77-79(73,74)76-64-63-70)65-75-68(71)61-59-57-55-53-51-49-47-45-43-41-39-37-28-26-24-22-20-18-16-14-12-10-8-6-4-2/h5,7,11,13,17,19,22-25,29-30,32-33,67H,3-4,6,8-10,12,14-16,18,20-21,26-28,31,34-66,70H2,1-2H3,(H,73,74)/b7-5-,13-11-,19-17-,24-22-,25-23-,30-29-,33-32-. The third-order valence-corrected chi connectivity index (χ3v) is 15.2. The molecule has 0 radical (unpaired) electrons. The van der Waals surface area contributed by atoms with Crippen LogP contribution in [0.25, 0.3) is 0 Å². The average Bonchev–Trinajstić information content (AvgIpc) is 3.44. The van der Waals surface area contributed by atoms with E-state index in [1.807, 2.05) is 0 Å². The lowest BCUT2D eigenvalue weighted by molar-refractivity contribution is -0.161. The first-order valence-electron chi connectivity index (χ1n) is 33.1. The zero-order valence-electron chi connectivity index (χ0n) is 51.3. The van der Waals surface area contributed by atoms with E-state index in [1.54, 1.807) is 0 Å². The molecular formula is C69H124NO8P. The number of hydrogen-bond acceptors (Lipinski definition) is 8. The Hall–Kier alpha value is -2.81. The fourth-order valence-electron chi connectivity index (χ4n) is 9.40. The number of allylic oxidation sites excluding steroid dienone is 14. The van der Waals surface area contributed by atoms with Gasteiger partial charge in [0.05, 0.1) is 13.2 Å². The first-order valence-corrected chi connectivity index (χ1v) is 34.6. The summed E-state index contributed by atoms with van der Waals surface area (Å²) in [6, 6.07) is 0. The molecule has 0 bridgehead atoms. The van der Waals surface area contributed by atoms with E-state index >= 15 is 0 Å². The van der Waals surface area contributed by atoms with E-state index in [-0.39, 0.29) is 38.6 Å². The van der Waals surface area contributed by atoms with Gasteiger partial charge in [0.25, 0.3) is 0 Å². The number of hydrogen-bond donors (Lipinski definition) is 2. The van der Waals surface area contributed by atoms with Crippen molar-refractivity contribution >= 4 is 19.8 Å². The monoisotopic (exact) mass is 1130 g/mol. The summed E-state index contributed by atoms with van der Waals surface area (Å²) in [6.07, 6.45) is 85.2. The lowest BCUT2D eigenvalue weighted by Gasteiger charge is -2.19. The number of carbonyl (C=O) groups is 2. The molecule has 0 rings (SSSR count). The van der Waals surface area contributed by atoms with E-state index in [0.717, 1.165) is 77.0 Å². The number of esters is 2. The van der Waals surface area contributed by atoms with Crippen LogP contribution in [-0.4, -0.2) is 49.3 Å². The van der Waals surface area contributed by atoms with Crippen molar-refractivity contribution in [3.63, 3.8) is 0 Å². The van der Waals surface area contributed by atoms with Crippen molar-refractivity contribution in [1.29, 1.82) is 0 Å². The van der Waals surface area contributed by atoms with Crippen molar-refractivity contribution in [3.8, 4) is 0 Å². The van der Waals surface area contributed by atoms with Crippen LogP contribution in [0.5, 0.6) is 0 Å². The van der Waals surface area contributed by atoms with E-state index in [1.165, 1.54) is 199 Å². The fourth-order valence-corrected chi connectivity index (χ4v) is 10.2.